The number of aryl methyl sites for hydroxylation is 1. The molecule has 3 rings (SSSR count). The van der Waals surface area contributed by atoms with Crippen molar-refractivity contribution in [1.29, 1.82) is 0 Å². The molecule has 0 amide bonds. The molecule has 0 aliphatic heterocycles. The topological polar surface area (TPSA) is 52.3 Å². The van der Waals surface area contributed by atoms with Crippen LogP contribution in [0.2, 0.25) is 0 Å². The number of allylic oxidation sites excluding steroid dienone is 1. The quantitative estimate of drug-likeness (QED) is 0.672. The molecule has 0 spiro atoms. The Morgan fingerprint density at radius 3 is 2.61 bits per heavy atom. The maximum atomic E-state index is 11.8. The third kappa shape index (κ3) is 3.14. The van der Waals surface area contributed by atoms with Gasteiger partial charge in [-0.15, -0.1) is 0 Å². The lowest BCUT2D eigenvalue weighted by atomic mass is 9.92. The molecule has 1 aliphatic rings. The van der Waals surface area contributed by atoms with Crippen molar-refractivity contribution >= 4 is 17.2 Å². The van der Waals surface area contributed by atoms with Gasteiger partial charge < -0.3 is 10.5 Å². The Morgan fingerprint density at radius 1 is 1.17 bits per heavy atom. The SMILES string of the molecule is COC(=O)c1ccc2c(c1)CCC(C)C=C2c1ccc(N)cc1. The van der Waals surface area contributed by atoms with Gasteiger partial charge in [0.1, 0.15) is 0 Å². The molecule has 0 saturated carbocycles. The third-order valence-electron chi connectivity index (χ3n) is 4.36. The summed E-state index contributed by atoms with van der Waals surface area (Å²) in [4.78, 5) is 11.8. The fourth-order valence-electron chi connectivity index (χ4n) is 3.06. The number of esters is 1. The van der Waals surface area contributed by atoms with Gasteiger partial charge >= 0.3 is 5.97 Å². The summed E-state index contributed by atoms with van der Waals surface area (Å²) in [5.74, 6) is 0.194. The second-order valence-electron chi connectivity index (χ2n) is 6.08. The highest BCUT2D eigenvalue weighted by atomic mass is 16.5. The van der Waals surface area contributed by atoms with Crippen LogP contribution in [-0.2, 0) is 11.2 Å². The van der Waals surface area contributed by atoms with Gasteiger partial charge in [0.05, 0.1) is 12.7 Å². The van der Waals surface area contributed by atoms with Crippen molar-refractivity contribution in [3.05, 3.63) is 70.8 Å². The van der Waals surface area contributed by atoms with Crippen molar-refractivity contribution in [2.75, 3.05) is 12.8 Å². The Balaban J connectivity index is 2.10. The Bertz CT molecular complexity index is 760. The van der Waals surface area contributed by atoms with E-state index in [1.54, 1.807) is 0 Å². The van der Waals surface area contributed by atoms with E-state index >= 15 is 0 Å². The number of nitrogens with two attached hydrogens (primary N) is 1. The van der Waals surface area contributed by atoms with Crippen LogP contribution < -0.4 is 5.73 Å². The van der Waals surface area contributed by atoms with Crippen LogP contribution in [0.15, 0.2) is 48.5 Å². The highest BCUT2D eigenvalue weighted by Gasteiger charge is 2.18. The average Bonchev–Trinajstić information content (AvgIpc) is 2.74. The van der Waals surface area contributed by atoms with E-state index in [9.17, 15) is 4.79 Å². The molecule has 118 valence electrons. The number of carbonyl (C=O) groups is 1. The van der Waals surface area contributed by atoms with Gasteiger partial charge in [-0.2, -0.15) is 0 Å². The van der Waals surface area contributed by atoms with Gasteiger partial charge in [0, 0.05) is 5.69 Å². The number of ether oxygens (including phenoxy) is 1. The molecule has 1 aliphatic carbocycles. The van der Waals surface area contributed by atoms with Crippen molar-refractivity contribution in [2.45, 2.75) is 19.8 Å². The van der Waals surface area contributed by atoms with Crippen LogP contribution >= 0.6 is 0 Å². The molecule has 2 aromatic carbocycles. The molecule has 2 N–H and O–H groups in total. The van der Waals surface area contributed by atoms with Crippen molar-refractivity contribution < 1.29 is 9.53 Å². The van der Waals surface area contributed by atoms with Gasteiger partial charge in [0.2, 0.25) is 0 Å². The zero-order chi connectivity index (χ0) is 16.4. The lowest BCUT2D eigenvalue weighted by Crippen LogP contribution is -2.03. The van der Waals surface area contributed by atoms with Crippen LogP contribution in [0.4, 0.5) is 5.69 Å². The molecular formula is C20H21NO2. The number of anilines is 1. The maximum absolute atomic E-state index is 11.8. The van der Waals surface area contributed by atoms with Gasteiger partial charge in [0.25, 0.3) is 0 Å². The number of fused-ring (bicyclic) bond motifs is 1. The van der Waals surface area contributed by atoms with Gasteiger partial charge in [-0.05, 0) is 65.3 Å². The van der Waals surface area contributed by atoms with Crippen LogP contribution in [-0.4, -0.2) is 13.1 Å². The summed E-state index contributed by atoms with van der Waals surface area (Å²) in [5, 5.41) is 0. The minimum Gasteiger partial charge on any atom is -0.465 e. The Morgan fingerprint density at radius 2 is 1.91 bits per heavy atom. The van der Waals surface area contributed by atoms with Crippen molar-refractivity contribution in [2.24, 2.45) is 5.92 Å². The Kier molecular flexibility index (Phi) is 4.20. The lowest BCUT2D eigenvalue weighted by Gasteiger charge is -2.13. The molecule has 23 heavy (non-hydrogen) atoms. The molecule has 2 aromatic rings. The van der Waals surface area contributed by atoms with E-state index in [1.807, 2.05) is 30.3 Å². The summed E-state index contributed by atoms with van der Waals surface area (Å²) in [7, 11) is 1.41. The zero-order valence-electron chi connectivity index (χ0n) is 13.5. The molecule has 0 fully saturated rings. The van der Waals surface area contributed by atoms with E-state index in [1.165, 1.54) is 23.8 Å². The maximum Gasteiger partial charge on any atom is 0.337 e. The standard InChI is InChI=1S/C20H21NO2/c1-13-3-4-15-12-16(20(22)23-2)7-10-18(15)19(11-13)14-5-8-17(21)9-6-14/h5-13H,3-4,21H2,1-2H3. The Labute approximate surface area is 136 Å². The van der Waals surface area contributed by atoms with Crippen LogP contribution in [0.3, 0.4) is 0 Å². The fourth-order valence-corrected chi connectivity index (χ4v) is 3.06. The molecule has 0 saturated heterocycles. The second-order valence-corrected chi connectivity index (χ2v) is 6.08. The van der Waals surface area contributed by atoms with Gasteiger partial charge in [-0.25, -0.2) is 4.79 Å². The summed E-state index contributed by atoms with van der Waals surface area (Å²) in [6.07, 6.45) is 4.33. The van der Waals surface area contributed by atoms with Crippen molar-refractivity contribution in [3.63, 3.8) is 0 Å². The predicted octanol–water partition coefficient (Wildman–Crippen LogP) is 4.07. The van der Waals surface area contributed by atoms with Crippen LogP contribution in [0.5, 0.6) is 0 Å². The summed E-state index contributed by atoms with van der Waals surface area (Å²) in [6.45, 7) is 2.23. The van der Waals surface area contributed by atoms with E-state index < -0.39 is 0 Å². The molecule has 0 aromatic heterocycles. The summed E-state index contributed by atoms with van der Waals surface area (Å²) in [6, 6.07) is 13.8. The highest BCUT2D eigenvalue weighted by molar-refractivity contribution is 5.91. The van der Waals surface area contributed by atoms with E-state index in [0.717, 1.165) is 24.1 Å². The minimum atomic E-state index is -0.289. The molecular weight excluding hydrogens is 286 g/mol. The molecule has 0 bridgehead atoms. The molecule has 1 unspecified atom stereocenters. The lowest BCUT2D eigenvalue weighted by molar-refractivity contribution is 0.0600. The predicted molar refractivity (Wildman–Crippen MR) is 93.2 cm³/mol. The largest absolute Gasteiger partial charge is 0.465 e. The number of hydrogen-bond acceptors (Lipinski definition) is 3. The summed E-state index contributed by atoms with van der Waals surface area (Å²) < 4.78 is 4.84. The molecule has 0 radical (unpaired) electrons. The highest BCUT2D eigenvalue weighted by Crippen LogP contribution is 2.33. The number of hydrogen-bond donors (Lipinski definition) is 1. The fraction of sp³-hybridized carbons (Fsp3) is 0.250. The summed E-state index contributed by atoms with van der Waals surface area (Å²) >= 11 is 0. The first kappa shape index (κ1) is 15.3. The van der Waals surface area contributed by atoms with Gasteiger partial charge in [0.15, 0.2) is 0 Å². The van der Waals surface area contributed by atoms with Gasteiger partial charge in [-0.3, -0.25) is 0 Å². The van der Waals surface area contributed by atoms with E-state index in [2.05, 4.69) is 25.1 Å². The van der Waals surface area contributed by atoms with Crippen LogP contribution in [0.1, 0.15) is 40.4 Å². The monoisotopic (exact) mass is 307 g/mol. The molecule has 3 heteroatoms. The van der Waals surface area contributed by atoms with Crippen molar-refractivity contribution in [1.82, 2.24) is 0 Å². The van der Waals surface area contributed by atoms with Gasteiger partial charge in [-0.1, -0.05) is 31.2 Å². The number of carbonyl (C=O) groups excluding carboxylic acids is 1. The third-order valence-corrected chi connectivity index (χ3v) is 4.36. The van der Waals surface area contributed by atoms with Crippen molar-refractivity contribution in [3.8, 4) is 0 Å². The first-order valence-electron chi connectivity index (χ1n) is 7.88. The average molecular weight is 307 g/mol. The number of rotatable bonds is 2. The molecule has 1 atom stereocenters. The van der Waals surface area contributed by atoms with E-state index in [4.69, 9.17) is 10.5 Å². The van der Waals surface area contributed by atoms with E-state index in [0.29, 0.717) is 11.5 Å². The normalized spacial score (nSPS) is 17.0. The number of benzene rings is 2. The summed E-state index contributed by atoms with van der Waals surface area (Å²) in [5.41, 5.74) is 11.9. The smallest absolute Gasteiger partial charge is 0.337 e. The first-order valence-corrected chi connectivity index (χ1v) is 7.88. The van der Waals surface area contributed by atoms with Crippen LogP contribution in [0.25, 0.3) is 5.57 Å². The second kappa shape index (κ2) is 6.29. The molecule has 3 nitrogen and oxygen atoms in total. The Hall–Kier alpha value is -2.55. The first-order chi connectivity index (χ1) is 11.1. The zero-order valence-corrected chi connectivity index (χ0v) is 13.5. The number of nitrogen functional groups attached to an aromatic ring is 1. The minimum absolute atomic E-state index is 0.289. The molecule has 0 heterocycles. The number of methoxy groups -OCH3 is 1. The van der Waals surface area contributed by atoms with Crippen LogP contribution in [0, 0.1) is 5.92 Å². The van der Waals surface area contributed by atoms with E-state index in [-0.39, 0.29) is 5.97 Å².